The van der Waals surface area contributed by atoms with Gasteiger partial charge in [0.25, 0.3) is 0 Å². The van der Waals surface area contributed by atoms with Crippen LogP contribution in [0.1, 0.15) is 159 Å². The number of H-pyrrole nitrogens is 1. The molecule has 524 valence electrons. The van der Waals surface area contributed by atoms with Gasteiger partial charge in [0.1, 0.15) is 16.9 Å². The van der Waals surface area contributed by atoms with Gasteiger partial charge in [-0.05, 0) is 206 Å². The molecule has 0 aliphatic heterocycles. The molecule has 3 unspecified atom stereocenters. The number of methoxy groups -OCH3 is 2. The molecule has 11 aromatic rings. The molecule has 0 saturated heterocycles. The number of halogens is 3. The SMILES string of the molecule is COC(=O)C(OC(C)(C)C)c1c(C)nc2[nH]c(C)c(C)c2c1-c1ccc(Cl)cc1.COC(=O)C(OC(C)(C)C)c1c(C)nc2c(c(C)c(C)n2Cc2ccccc2)c1-c1ccc(Cl)cc1.Cc1nc2c(c(C)c(C)n2Cc2ccccc2)c(-c2ccc(Cl)cc2)c1C(OC(C)(C)C)C(=O)O. The highest BCUT2D eigenvalue weighted by Crippen LogP contribution is 2.46. The number of benzene rings is 5. The first-order valence-electron chi connectivity index (χ1n) is 33.3. The van der Waals surface area contributed by atoms with Crippen LogP contribution in [0.5, 0.6) is 0 Å². The third kappa shape index (κ3) is 16.7. The van der Waals surface area contributed by atoms with Gasteiger partial charge in [0.2, 0.25) is 0 Å². The number of aryl methyl sites for hydroxylation is 7. The van der Waals surface area contributed by atoms with Crippen molar-refractivity contribution >= 4 is 85.8 Å². The van der Waals surface area contributed by atoms with E-state index in [0.717, 1.165) is 106 Å². The maximum absolute atomic E-state index is 13.1. The lowest BCUT2D eigenvalue weighted by Gasteiger charge is -2.29. The molecule has 0 aliphatic rings. The molecule has 6 aromatic heterocycles. The lowest BCUT2D eigenvalue weighted by Crippen LogP contribution is -2.29. The van der Waals surface area contributed by atoms with Crippen molar-refractivity contribution in [2.45, 2.75) is 173 Å². The Labute approximate surface area is 602 Å². The van der Waals surface area contributed by atoms with E-state index in [1.54, 1.807) is 0 Å². The minimum Gasteiger partial charge on any atom is -0.479 e. The molecule has 0 amide bonds. The number of esters is 2. The Bertz CT molecular complexity index is 4810. The highest BCUT2D eigenvalue weighted by Gasteiger charge is 2.38. The zero-order valence-electron chi connectivity index (χ0n) is 60.9. The molecular weight excluding hydrogens is 1320 g/mol. The fourth-order valence-electron chi connectivity index (χ4n) is 12.8. The first-order valence-corrected chi connectivity index (χ1v) is 34.4. The number of aromatic amines is 1. The van der Waals surface area contributed by atoms with Gasteiger partial charge in [-0.25, -0.2) is 29.3 Å². The normalized spacial score (nSPS) is 12.8. The number of carboxylic acid groups (broad SMARTS) is 1. The summed E-state index contributed by atoms with van der Waals surface area (Å²) in [5.41, 5.74) is 19.0. The van der Waals surface area contributed by atoms with Gasteiger partial charge in [-0.15, -0.1) is 0 Å². The predicted molar refractivity (Wildman–Crippen MR) is 403 cm³/mol. The molecule has 0 radical (unpaired) electrons. The van der Waals surface area contributed by atoms with Crippen molar-refractivity contribution in [2.75, 3.05) is 14.2 Å². The fraction of sp³-hybridized carbons (Fsp3) is 0.341. The minimum absolute atomic E-state index is 0.454. The zero-order chi connectivity index (χ0) is 73.2. The zero-order valence-corrected chi connectivity index (χ0v) is 63.2. The third-order valence-corrected chi connectivity index (χ3v) is 18.4. The number of rotatable bonds is 16. The van der Waals surface area contributed by atoms with Gasteiger partial charge < -0.3 is 42.9 Å². The van der Waals surface area contributed by atoms with Crippen LogP contribution in [0.4, 0.5) is 0 Å². The second-order valence-corrected chi connectivity index (χ2v) is 29.6. The van der Waals surface area contributed by atoms with Gasteiger partial charge in [0.05, 0.1) is 31.0 Å². The molecule has 0 saturated carbocycles. The topological polar surface area (TPSA) is 182 Å². The number of nitrogens with one attached hydrogen (secondary N) is 1. The van der Waals surface area contributed by atoms with Gasteiger partial charge in [-0.2, -0.15) is 0 Å². The van der Waals surface area contributed by atoms with Crippen LogP contribution in [0.3, 0.4) is 0 Å². The summed E-state index contributed by atoms with van der Waals surface area (Å²) >= 11 is 18.6. The molecule has 2 N–H and O–H groups in total. The Balaban J connectivity index is 0.000000176. The molecule has 0 aliphatic carbocycles. The second-order valence-electron chi connectivity index (χ2n) is 28.3. The van der Waals surface area contributed by atoms with Crippen molar-refractivity contribution in [3.05, 3.63) is 227 Å². The van der Waals surface area contributed by atoms with Gasteiger partial charge >= 0.3 is 17.9 Å². The fourth-order valence-corrected chi connectivity index (χ4v) is 13.2. The van der Waals surface area contributed by atoms with E-state index in [2.05, 4.69) is 66.1 Å². The predicted octanol–water partition coefficient (Wildman–Crippen LogP) is 20.5. The summed E-state index contributed by atoms with van der Waals surface area (Å²) in [6.45, 7) is 36.6. The third-order valence-electron chi connectivity index (χ3n) is 17.7. The quantitative estimate of drug-likeness (QED) is 0.0875. The van der Waals surface area contributed by atoms with Gasteiger partial charge in [0, 0.05) is 112 Å². The van der Waals surface area contributed by atoms with E-state index in [1.165, 1.54) is 25.3 Å². The molecule has 6 heterocycles. The van der Waals surface area contributed by atoms with E-state index in [9.17, 15) is 19.5 Å². The van der Waals surface area contributed by atoms with E-state index in [4.69, 9.17) is 73.4 Å². The number of aliphatic carboxylic acids is 1. The first kappa shape index (κ1) is 75.5. The molecule has 5 aromatic carbocycles. The summed E-state index contributed by atoms with van der Waals surface area (Å²) in [4.78, 5) is 56.6. The maximum Gasteiger partial charge on any atom is 0.339 e. The van der Waals surface area contributed by atoms with Crippen LogP contribution in [0, 0.1) is 62.3 Å². The number of hydrogen-bond donors (Lipinski definition) is 2. The number of fused-ring (bicyclic) bond motifs is 3. The van der Waals surface area contributed by atoms with Crippen molar-refractivity contribution in [2.24, 2.45) is 0 Å². The van der Waals surface area contributed by atoms with Crippen molar-refractivity contribution in [3.63, 3.8) is 0 Å². The smallest absolute Gasteiger partial charge is 0.339 e. The summed E-state index contributed by atoms with van der Waals surface area (Å²) in [6, 6.07) is 43.4. The largest absolute Gasteiger partial charge is 0.479 e. The standard InChI is InChI=1S/C30H33ClN2O3.C29H31ClN2O3.C23H27ClN2O3/c1-18-20(3)33(17-21-11-9-8-10-12-21)28-24(18)26(22-13-15-23(31)16-14-22)25(19(2)32-28)27(29(34)35-7)36-30(4,5)6;1-17-19(3)32(16-20-10-8-7-9-11-20)27-23(17)25(21-12-14-22(30)15-13-21)24(18(2)31-27)26(28(33)34)35-29(4,5)6;1-12-13(2)25-21-17(12)19(15-8-10-16(24)11-9-15)18(14(3)26-21)20(22(27)28-7)29-23(4,5)6/h8-16,27H,17H2,1-7H3;7-15,26H,16H2,1-6H3,(H,33,34);8-11,20H,1-7H3,(H,25,26). The Morgan fingerprint density at radius 3 is 1.07 bits per heavy atom. The monoisotopic (exact) mass is 1410 g/mol. The lowest BCUT2D eigenvalue weighted by molar-refractivity contribution is -0.164. The van der Waals surface area contributed by atoms with E-state index < -0.39 is 53.0 Å². The second kappa shape index (κ2) is 30.7. The van der Waals surface area contributed by atoms with Crippen molar-refractivity contribution < 1.29 is 43.2 Å². The van der Waals surface area contributed by atoms with Crippen molar-refractivity contribution in [3.8, 4) is 33.4 Å². The van der Waals surface area contributed by atoms with E-state index >= 15 is 0 Å². The summed E-state index contributed by atoms with van der Waals surface area (Å²) in [5.74, 6) is -1.95. The maximum atomic E-state index is 13.1. The van der Waals surface area contributed by atoms with Crippen LogP contribution in [0.2, 0.25) is 15.1 Å². The number of ether oxygens (including phenoxy) is 5. The van der Waals surface area contributed by atoms with Crippen molar-refractivity contribution in [1.29, 1.82) is 0 Å². The average Bonchev–Trinajstić information content (AvgIpc) is 1.53. The Morgan fingerprint density at radius 1 is 0.440 bits per heavy atom. The molecule has 100 heavy (non-hydrogen) atoms. The van der Waals surface area contributed by atoms with E-state index in [-0.39, 0.29) is 0 Å². The highest BCUT2D eigenvalue weighted by molar-refractivity contribution is 6.31. The molecule has 0 spiro atoms. The Hall–Kier alpha value is -8.67. The van der Waals surface area contributed by atoms with Crippen LogP contribution < -0.4 is 0 Å². The molecule has 0 fully saturated rings. The number of nitrogens with zero attached hydrogens (tertiary/aromatic N) is 5. The van der Waals surface area contributed by atoms with E-state index in [1.807, 2.05) is 206 Å². The molecule has 0 bridgehead atoms. The Morgan fingerprint density at radius 2 is 0.750 bits per heavy atom. The van der Waals surface area contributed by atoms with Gasteiger partial charge in [0.15, 0.2) is 18.3 Å². The molecule has 18 heteroatoms. The molecular formula is C82H91Cl3N6O9. The highest BCUT2D eigenvalue weighted by atomic mass is 35.5. The first-order chi connectivity index (χ1) is 47.0. The number of pyridine rings is 3. The van der Waals surface area contributed by atoms with Crippen LogP contribution >= 0.6 is 34.8 Å². The summed E-state index contributed by atoms with van der Waals surface area (Å²) in [6.07, 6.45) is -3.01. The molecule has 15 nitrogen and oxygen atoms in total. The molecule has 11 rings (SSSR count). The number of carbonyl (C=O) groups is 3. The number of aromatic nitrogens is 6. The Kier molecular flexibility index (Phi) is 23.2. The van der Waals surface area contributed by atoms with Crippen LogP contribution in [0.25, 0.3) is 66.5 Å². The van der Waals surface area contributed by atoms with E-state index in [0.29, 0.717) is 56.2 Å². The lowest BCUT2D eigenvalue weighted by atomic mass is 9.91. The van der Waals surface area contributed by atoms with Crippen LogP contribution in [0.15, 0.2) is 133 Å². The van der Waals surface area contributed by atoms with Gasteiger partial charge in [-0.1, -0.05) is 132 Å². The minimum atomic E-state index is -1.17. The van der Waals surface area contributed by atoms with Gasteiger partial charge in [-0.3, -0.25) is 0 Å². The number of carboxylic acids is 1. The van der Waals surface area contributed by atoms with Crippen LogP contribution in [-0.4, -0.2) is 83.1 Å². The van der Waals surface area contributed by atoms with Crippen LogP contribution in [-0.2, 0) is 51.2 Å². The average molecular weight is 1410 g/mol. The molecule has 3 atom stereocenters. The van der Waals surface area contributed by atoms with Crippen molar-refractivity contribution in [1.82, 2.24) is 29.1 Å². The number of hydrogen-bond acceptors (Lipinski definition) is 11. The number of carbonyl (C=O) groups excluding carboxylic acids is 2. The summed E-state index contributed by atoms with van der Waals surface area (Å²) in [5, 5.41) is 15.1. The summed E-state index contributed by atoms with van der Waals surface area (Å²) < 4.78 is 33.4. The summed E-state index contributed by atoms with van der Waals surface area (Å²) in [7, 11) is 2.76.